The van der Waals surface area contributed by atoms with E-state index in [1.165, 1.54) is 0 Å². The van der Waals surface area contributed by atoms with E-state index >= 15 is 0 Å². The first-order chi connectivity index (χ1) is 6.63. The molecule has 1 heterocycles. The van der Waals surface area contributed by atoms with E-state index in [0.717, 1.165) is 32.5 Å². The van der Waals surface area contributed by atoms with Crippen LogP contribution in [0.4, 0.5) is 0 Å². The summed E-state index contributed by atoms with van der Waals surface area (Å²) < 4.78 is 5.66. The monoisotopic (exact) mass is 200 g/mol. The molecular formula is C11H24N2O. The van der Waals surface area contributed by atoms with Crippen LogP contribution in [-0.2, 0) is 4.74 Å². The number of hydrogen-bond acceptors (Lipinski definition) is 3. The number of likely N-dealkylation sites (N-methyl/N-ethyl adjacent to an activating group) is 1. The summed E-state index contributed by atoms with van der Waals surface area (Å²) in [7, 11) is 3.83. The summed E-state index contributed by atoms with van der Waals surface area (Å²) in [4.78, 5) is 2.52. The van der Waals surface area contributed by atoms with E-state index in [0.29, 0.717) is 6.04 Å². The molecule has 3 heteroatoms. The third-order valence-electron chi connectivity index (χ3n) is 3.37. The van der Waals surface area contributed by atoms with Crippen molar-refractivity contribution in [3.05, 3.63) is 0 Å². The zero-order chi connectivity index (χ0) is 10.6. The molecule has 1 aliphatic rings. The van der Waals surface area contributed by atoms with Crippen molar-refractivity contribution in [3.63, 3.8) is 0 Å². The van der Waals surface area contributed by atoms with Crippen LogP contribution >= 0.6 is 0 Å². The number of nitrogens with zero attached hydrogens (tertiary/aromatic N) is 1. The van der Waals surface area contributed by atoms with Crippen LogP contribution in [-0.4, -0.2) is 50.3 Å². The Bertz CT molecular complexity index is 163. The molecule has 1 aliphatic heterocycles. The number of likely N-dealkylation sites (tertiary alicyclic amines) is 1. The van der Waals surface area contributed by atoms with E-state index in [2.05, 4.69) is 24.1 Å². The van der Waals surface area contributed by atoms with Gasteiger partial charge in [0.1, 0.15) is 0 Å². The molecule has 0 aromatic rings. The van der Waals surface area contributed by atoms with Crippen LogP contribution < -0.4 is 5.32 Å². The zero-order valence-electron chi connectivity index (χ0n) is 9.97. The Morgan fingerprint density at radius 2 is 1.93 bits per heavy atom. The van der Waals surface area contributed by atoms with Crippen LogP contribution in [0.25, 0.3) is 0 Å². The van der Waals surface area contributed by atoms with Gasteiger partial charge >= 0.3 is 0 Å². The predicted octanol–water partition coefficient (Wildman–Crippen LogP) is 1.10. The van der Waals surface area contributed by atoms with Crippen LogP contribution in [0.2, 0.25) is 0 Å². The van der Waals surface area contributed by atoms with Gasteiger partial charge in [-0.25, -0.2) is 0 Å². The van der Waals surface area contributed by atoms with Crippen LogP contribution in [0.5, 0.6) is 0 Å². The van der Waals surface area contributed by atoms with Crippen LogP contribution in [0.15, 0.2) is 0 Å². The third kappa shape index (κ3) is 2.69. The summed E-state index contributed by atoms with van der Waals surface area (Å²) in [6.45, 7) is 7.81. The first-order valence-corrected chi connectivity index (χ1v) is 5.57. The van der Waals surface area contributed by atoms with E-state index in [-0.39, 0.29) is 5.60 Å². The van der Waals surface area contributed by atoms with Gasteiger partial charge in [0.2, 0.25) is 0 Å². The smallest absolute Gasteiger partial charge is 0.0826 e. The van der Waals surface area contributed by atoms with E-state index in [1.807, 2.05) is 14.2 Å². The molecule has 0 aliphatic carbocycles. The standard InChI is InChI=1S/C11H24N2O/c1-10(2)13-7-5-11(14-4,6-8-13)9-12-3/h10,12H,5-9H2,1-4H3. The molecule has 0 unspecified atom stereocenters. The molecule has 0 atom stereocenters. The van der Waals surface area contributed by atoms with E-state index in [4.69, 9.17) is 4.74 Å². The van der Waals surface area contributed by atoms with Gasteiger partial charge in [0.15, 0.2) is 0 Å². The fourth-order valence-corrected chi connectivity index (χ4v) is 2.22. The molecule has 0 amide bonds. The molecule has 0 aromatic heterocycles. The lowest BCUT2D eigenvalue weighted by Crippen LogP contribution is -2.52. The first kappa shape index (κ1) is 12.0. The summed E-state index contributed by atoms with van der Waals surface area (Å²) >= 11 is 0. The Hall–Kier alpha value is -0.120. The van der Waals surface area contributed by atoms with Crippen LogP contribution in [0.3, 0.4) is 0 Å². The highest BCUT2D eigenvalue weighted by Crippen LogP contribution is 2.25. The van der Waals surface area contributed by atoms with E-state index in [1.54, 1.807) is 0 Å². The number of hydrogen-bond donors (Lipinski definition) is 1. The van der Waals surface area contributed by atoms with Crippen molar-refractivity contribution in [1.82, 2.24) is 10.2 Å². The van der Waals surface area contributed by atoms with Crippen molar-refractivity contribution in [2.45, 2.75) is 38.3 Å². The Kier molecular flexibility index (Phi) is 4.35. The average Bonchev–Trinajstić information content (AvgIpc) is 2.19. The van der Waals surface area contributed by atoms with Crippen LogP contribution in [0.1, 0.15) is 26.7 Å². The molecule has 84 valence electrons. The minimum Gasteiger partial charge on any atom is -0.377 e. The molecule has 0 spiro atoms. The average molecular weight is 200 g/mol. The van der Waals surface area contributed by atoms with Gasteiger partial charge in [-0.3, -0.25) is 0 Å². The number of piperidine rings is 1. The number of nitrogens with one attached hydrogen (secondary N) is 1. The Morgan fingerprint density at radius 3 is 2.29 bits per heavy atom. The highest BCUT2D eigenvalue weighted by molar-refractivity contribution is 4.89. The molecular weight excluding hydrogens is 176 g/mol. The summed E-state index contributed by atoms with van der Waals surface area (Å²) in [5.41, 5.74) is 0.0835. The maximum Gasteiger partial charge on any atom is 0.0826 e. The number of methoxy groups -OCH3 is 1. The Balaban J connectivity index is 2.46. The first-order valence-electron chi connectivity index (χ1n) is 5.57. The molecule has 0 bridgehead atoms. The normalized spacial score (nSPS) is 22.9. The summed E-state index contributed by atoms with van der Waals surface area (Å²) in [6, 6.07) is 0.666. The lowest BCUT2D eigenvalue weighted by molar-refractivity contribution is -0.0588. The molecule has 0 saturated carbocycles. The van der Waals surface area contributed by atoms with Gasteiger partial charge in [0, 0.05) is 32.8 Å². The summed E-state index contributed by atoms with van der Waals surface area (Å²) in [5, 5.41) is 3.23. The Morgan fingerprint density at radius 1 is 1.36 bits per heavy atom. The van der Waals surface area contributed by atoms with E-state index < -0.39 is 0 Å². The van der Waals surface area contributed by atoms with Crippen molar-refractivity contribution in [2.24, 2.45) is 0 Å². The van der Waals surface area contributed by atoms with Gasteiger partial charge in [0.25, 0.3) is 0 Å². The molecule has 1 fully saturated rings. The van der Waals surface area contributed by atoms with Gasteiger partial charge in [0.05, 0.1) is 5.60 Å². The molecule has 1 saturated heterocycles. The molecule has 3 nitrogen and oxygen atoms in total. The molecule has 1 rings (SSSR count). The van der Waals surface area contributed by atoms with Crippen molar-refractivity contribution >= 4 is 0 Å². The van der Waals surface area contributed by atoms with Crippen molar-refractivity contribution in [1.29, 1.82) is 0 Å². The topological polar surface area (TPSA) is 24.5 Å². The maximum atomic E-state index is 5.66. The Labute approximate surface area is 87.8 Å². The largest absolute Gasteiger partial charge is 0.377 e. The van der Waals surface area contributed by atoms with Gasteiger partial charge < -0.3 is 15.0 Å². The number of rotatable bonds is 4. The lowest BCUT2D eigenvalue weighted by atomic mass is 9.90. The third-order valence-corrected chi connectivity index (χ3v) is 3.37. The predicted molar refractivity (Wildman–Crippen MR) is 59.6 cm³/mol. The minimum atomic E-state index is 0.0835. The van der Waals surface area contributed by atoms with Gasteiger partial charge in [-0.15, -0.1) is 0 Å². The van der Waals surface area contributed by atoms with Crippen molar-refractivity contribution in [2.75, 3.05) is 33.8 Å². The maximum absolute atomic E-state index is 5.66. The minimum absolute atomic E-state index is 0.0835. The number of ether oxygens (including phenoxy) is 1. The highest BCUT2D eigenvalue weighted by atomic mass is 16.5. The fourth-order valence-electron chi connectivity index (χ4n) is 2.22. The molecule has 1 N–H and O–H groups in total. The molecule has 0 radical (unpaired) electrons. The SMILES string of the molecule is CNCC1(OC)CCN(C(C)C)CC1. The van der Waals surface area contributed by atoms with E-state index in [9.17, 15) is 0 Å². The second-order valence-electron chi connectivity index (χ2n) is 4.55. The van der Waals surface area contributed by atoms with Crippen molar-refractivity contribution in [3.8, 4) is 0 Å². The van der Waals surface area contributed by atoms with Crippen molar-refractivity contribution < 1.29 is 4.74 Å². The molecule has 14 heavy (non-hydrogen) atoms. The second-order valence-corrected chi connectivity index (χ2v) is 4.55. The highest BCUT2D eigenvalue weighted by Gasteiger charge is 2.34. The second kappa shape index (κ2) is 5.10. The van der Waals surface area contributed by atoms with Gasteiger partial charge in [-0.05, 0) is 33.7 Å². The molecule has 0 aromatic carbocycles. The lowest BCUT2D eigenvalue weighted by Gasteiger charge is -2.42. The van der Waals surface area contributed by atoms with Gasteiger partial charge in [-0.1, -0.05) is 0 Å². The quantitative estimate of drug-likeness (QED) is 0.735. The van der Waals surface area contributed by atoms with Gasteiger partial charge in [-0.2, -0.15) is 0 Å². The van der Waals surface area contributed by atoms with Crippen LogP contribution in [0, 0.1) is 0 Å². The fraction of sp³-hybridized carbons (Fsp3) is 1.00. The zero-order valence-corrected chi connectivity index (χ0v) is 9.97. The summed E-state index contributed by atoms with van der Waals surface area (Å²) in [5.74, 6) is 0. The summed E-state index contributed by atoms with van der Waals surface area (Å²) in [6.07, 6.45) is 2.28.